The van der Waals surface area contributed by atoms with E-state index >= 15 is 0 Å². The van der Waals surface area contributed by atoms with Gasteiger partial charge in [0.05, 0.1) is 13.2 Å². The first kappa shape index (κ1) is 8.50. The van der Waals surface area contributed by atoms with E-state index in [9.17, 15) is 0 Å². The molecule has 2 nitrogen and oxygen atoms in total. The molecule has 1 rings (SSSR count). The summed E-state index contributed by atoms with van der Waals surface area (Å²) in [6, 6.07) is 0. The Labute approximate surface area is 70.7 Å². The largest absolute Gasteiger partial charge is 0.379 e. The Morgan fingerprint density at radius 3 is 2.60 bits per heavy atom. The van der Waals surface area contributed by atoms with Crippen LogP contribution in [0.25, 0.3) is 0 Å². The van der Waals surface area contributed by atoms with E-state index in [1.54, 1.807) is 0 Å². The molecule has 1 heterocycles. The number of rotatable bonds is 2. The number of morpholine rings is 1. The highest BCUT2D eigenvalue weighted by molar-refractivity contribution is 9.09. The Balaban J connectivity index is 2.13. The number of hydrogen-bond acceptors (Lipinski definition) is 2. The van der Waals surface area contributed by atoms with Gasteiger partial charge in [0, 0.05) is 24.5 Å². The van der Waals surface area contributed by atoms with Gasteiger partial charge in [-0.05, 0) is 0 Å². The Hall–Kier alpha value is 0.400. The summed E-state index contributed by atoms with van der Waals surface area (Å²) in [4.78, 5) is 3.02. The molecule has 1 aliphatic heterocycles. The van der Waals surface area contributed by atoms with E-state index in [-0.39, 0.29) is 0 Å². The second-order valence-corrected chi connectivity index (χ2v) is 4.26. The normalized spacial score (nSPS) is 24.6. The SMILES string of the molecule is CC(Br)CN1CCOCC1. The third kappa shape index (κ3) is 2.99. The fourth-order valence-electron chi connectivity index (χ4n) is 1.14. The zero-order chi connectivity index (χ0) is 7.40. The Morgan fingerprint density at radius 1 is 1.50 bits per heavy atom. The lowest BCUT2D eigenvalue weighted by Crippen LogP contribution is -2.39. The molecular weight excluding hydrogens is 194 g/mol. The third-order valence-corrected chi connectivity index (χ3v) is 1.90. The number of halogens is 1. The van der Waals surface area contributed by atoms with Gasteiger partial charge in [-0.25, -0.2) is 0 Å². The van der Waals surface area contributed by atoms with Crippen LogP contribution < -0.4 is 0 Å². The molecule has 0 N–H and O–H groups in total. The predicted octanol–water partition coefficient (Wildman–Crippen LogP) is 1.10. The second-order valence-electron chi connectivity index (χ2n) is 2.69. The maximum absolute atomic E-state index is 5.22. The van der Waals surface area contributed by atoms with E-state index in [4.69, 9.17) is 4.74 Å². The molecular formula is C7H14BrNO. The summed E-state index contributed by atoms with van der Waals surface area (Å²) in [5.74, 6) is 0. The van der Waals surface area contributed by atoms with Gasteiger partial charge >= 0.3 is 0 Å². The summed E-state index contributed by atoms with van der Waals surface area (Å²) in [6.45, 7) is 7.31. The summed E-state index contributed by atoms with van der Waals surface area (Å²) in [5.41, 5.74) is 0. The minimum absolute atomic E-state index is 0.602. The topological polar surface area (TPSA) is 12.5 Å². The summed E-state index contributed by atoms with van der Waals surface area (Å²) < 4.78 is 5.22. The van der Waals surface area contributed by atoms with Gasteiger partial charge in [-0.1, -0.05) is 22.9 Å². The average molecular weight is 208 g/mol. The molecule has 1 fully saturated rings. The molecule has 0 aromatic carbocycles. The van der Waals surface area contributed by atoms with Gasteiger partial charge < -0.3 is 4.74 Å². The number of nitrogens with zero attached hydrogens (tertiary/aromatic N) is 1. The number of ether oxygens (including phenoxy) is 1. The minimum Gasteiger partial charge on any atom is -0.379 e. The standard InChI is InChI=1S/C7H14BrNO/c1-7(8)6-9-2-4-10-5-3-9/h7H,2-6H2,1H3. The monoisotopic (exact) mass is 207 g/mol. The molecule has 60 valence electrons. The lowest BCUT2D eigenvalue weighted by Gasteiger charge is -2.27. The molecule has 10 heavy (non-hydrogen) atoms. The average Bonchev–Trinajstić information content (AvgIpc) is 1.88. The fourth-order valence-corrected chi connectivity index (χ4v) is 1.55. The van der Waals surface area contributed by atoms with Crippen LogP contribution in [0.1, 0.15) is 6.92 Å². The Bertz CT molecular complexity index is 91.6. The van der Waals surface area contributed by atoms with E-state index in [0.717, 1.165) is 32.8 Å². The van der Waals surface area contributed by atoms with Crippen molar-refractivity contribution in [2.75, 3.05) is 32.8 Å². The van der Waals surface area contributed by atoms with Gasteiger partial charge in [0.1, 0.15) is 0 Å². The first-order valence-corrected chi connectivity index (χ1v) is 4.65. The maximum atomic E-state index is 5.22. The molecule has 0 aliphatic carbocycles. The smallest absolute Gasteiger partial charge is 0.0594 e. The van der Waals surface area contributed by atoms with Crippen LogP contribution in [-0.4, -0.2) is 42.6 Å². The van der Waals surface area contributed by atoms with Crippen LogP contribution in [0, 0.1) is 0 Å². The molecule has 0 saturated carbocycles. The van der Waals surface area contributed by atoms with Crippen molar-refractivity contribution in [3.63, 3.8) is 0 Å². The quantitative estimate of drug-likeness (QED) is 0.630. The van der Waals surface area contributed by atoms with Gasteiger partial charge in [-0.3, -0.25) is 4.90 Å². The predicted molar refractivity (Wildman–Crippen MR) is 45.6 cm³/mol. The first-order valence-electron chi connectivity index (χ1n) is 3.73. The summed E-state index contributed by atoms with van der Waals surface area (Å²) in [5, 5.41) is 0. The van der Waals surface area contributed by atoms with Crippen LogP contribution in [0.3, 0.4) is 0 Å². The van der Waals surface area contributed by atoms with Crippen LogP contribution in [0.2, 0.25) is 0 Å². The molecule has 0 amide bonds. The van der Waals surface area contributed by atoms with Gasteiger partial charge in [-0.15, -0.1) is 0 Å². The third-order valence-electron chi connectivity index (χ3n) is 1.61. The zero-order valence-corrected chi connectivity index (χ0v) is 7.93. The molecule has 1 saturated heterocycles. The van der Waals surface area contributed by atoms with Gasteiger partial charge in [0.2, 0.25) is 0 Å². The summed E-state index contributed by atoms with van der Waals surface area (Å²) in [7, 11) is 0. The van der Waals surface area contributed by atoms with E-state index in [2.05, 4.69) is 27.8 Å². The second kappa shape index (κ2) is 4.31. The molecule has 0 aromatic heterocycles. The molecule has 1 unspecified atom stereocenters. The highest BCUT2D eigenvalue weighted by Crippen LogP contribution is 2.03. The molecule has 0 bridgehead atoms. The summed E-state index contributed by atoms with van der Waals surface area (Å²) in [6.07, 6.45) is 0. The number of hydrogen-bond donors (Lipinski definition) is 0. The Morgan fingerprint density at radius 2 is 2.10 bits per heavy atom. The fraction of sp³-hybridized carbons (Fsp3) is 1.00. The lowest BCUT2D eigenvalue weighted by molar-refractivity contribution is 0.0388. The lowest BCUT2D eigenvalue weighted by atomic mass is 10.4. The van der Waals surface area contributed by atoms with Gasteiger partial charge in [0.25, 0.3) is 0 Å². The van der Waals surface area contributed by atoms with Crippen molar-refractivity contribution in [3.8, 4) is 0 Å². The van der Waals surface area contributed by atoms with Crippen molar-refractivity contribution in [1.29, 1.82) is 0 Å². The molecule has 1 atom stereocenters. The molecule has 1 aliphatic rings. The van der Waals surface area contributed by atoms with Crippen molar-refractivity contribution in [1.82, 2.24) is 4.90 Å². The summed E-state index contributed by atoms with van der Waals surface area (Å²) >= 11 is 3.53. The van der Waals surface area contributed by atoms with E-state index in [1.807, 2.05) is 0 Å². The van der Waals surface area contributed by atoms with Crippen molar-refractivity contribution in [2.45, 2.75) is 11.8 Å². The minimum atomic E-state index is 0.602. The molecule has 0 aromatic rings. The van der Waals surface area contributed by atoms with Crippen LogP contribution in [0.15, 0.2) is 0 Å². The molecule has 0 radical (unpaired) electrons. The molecule has 0 spiro atoms. The van der Waals surface area contributed by atoms with Crippen LogP contribution in [-0.2, 0) is 4.74 Å². The van der Waals surface area contributed by atoms with E-state index in [1.165, 1.54) is 0 Å². The van der Waals surface area contributed by atoms with E-state index in [0.29, 0.717) is 4.83 Å². The first-order chi connectivity index (χ1) is 4.79. The van der Waals surface area contributed by atoms with E-state index < -0.39 is 0 Å². The van der Waals surface area contributed by atoms with Crippen molar-refractivity contribution >= 4 is 15.9 Å². The number of alkyl halides is 1. The highest BCUT2D eigenvalue weighted by Gasteiger charge is 2.11. The van der Waals surface area contributed by atoms with Crippen LogP contribution in [0.5, 0.6) is 0 Å². The zero-order valence-electron chi connectivity index (χ0n) is 6.35. The van der Waals surface area contributed by atoms with Gasteiger partial charge in [0.15, 0.2) is 0 Å². The Kier molecular flexibility index (Phi) is 3.66. The van der Waals surface area contributed by atoms with Crippen molar-refractivity contribution in [2.24, 2.45) is 0 Å². The van der Waals surface area contributed by atoms with Crippen LogP contribution >= 0.6 is 15.9 Å². The van der Waals surface area contributed by atoms with Gasteiger partial charge in [-0.2, -0.15) is 0 Å². The van der Waals surface area contributed by atoms with Crippen LogP contribution in [0.4, 0.5) is 0 Å². The molecule has 3 heteroatoms. The van der Waals surface area contributed by atoms with Crippen molar-refractivity contribution in [3.05, 3.63) is 0 Å². The van der Waals surface area contributed by atoms with Crippen molar-refractivity contribution < 1.29 is 4.74 Å². The maximum Gasteiger partial charge on any atom is 0.0594 e. The highest BCUT2D eigenvalue weighted by atomic mass is 79.9.